The molecule has 276 valence electrons. The third kappa shape index (κ3) is 5.16. The summed E-state index contributed by atoms with van der Waals surface area (Å²) in [6.07, 6.45) is 0. The smallest absolute Gasteiger partial charge is 0.147 e. The van der Waals surface area contributed by atoms with E-state index in [2.05, 4.69) is 205 Å². The first-order chi connectivity index (χ1) is 29.3. The van der Waals surface area contributed by atoms with Gasteiger partial charge in [0.2, 0.25) is 0 Å². The first-order valence-corrected chi connectivity index (χ1v) is 20.9. The Kier molecular flexibility index (Phi) is 7.69. The molecule has 10 aromatic rings. The zero-order valence-corrected chi connectivity index (χ0v) is 32.8. The molecular formula is C55H35N3S. The highest BCUT2D eigenvalue weighted by molar-refractivity contribution is 7.99. The number of imidazole rings is 1. The molecule has 8 aromatic carbocycles. The SMILES string of the molecule is c1ccc(-c2ccc(-c3nc4ccccc4n3-c3ccc(-c4ccc5c(c4)C4(c6ccccc6S5)c5ccccc5-c5ccccc54)cc3)c(-c3ccccc3)n2)cc1. The van der Waals surface area contributed by atoms with Crippen molar-refractivity contribution in [2.45, 2.75) is 15.2 Å². The Morgan fingerprint density at radius 3 is 1.73 bits per heavy atom. The van der Waals surface area contributed by atoms with Crippen molar-refractivity contribution < 1.29 is 0 Å². The van der Waals surface area contributed by atoms with E-state index in [4.69, 9.17) is 9.97 Å². The highest BCUT2D eigenvalue weighted by atomic mass is 32.2. The molecule has 0 saturated heterocycles. The van der Waals surface area contributed by atoms with Crippen LogP contribution >= 0.6 is 11.8 Å². The maximum Gasteiger partial charge on any atom is 0.147 e. The van der Waals surface area contributed by atoms with Gasteiger partial charge in [-0.15, -0.1) is 0 Å². The number of rotatable bonds is 5. The maximum atomic E-state index is 5.30. The van der Waals surface area contributed by atoms with Crippen molar-refractivity contribution in [1.29, 1.82) is 0 Å². The van der Waals surface area contributed by atoms with E-state index in [-0.39, 0.29) is 0 Å². The van der Waals surface area contributed by atoms with Crippen LogP contribution in [0.15, 0.2) is 222 Å². The van der Waals surface area contributed by atoms with Crippen molar-refractivity contribution in [2.24, 2.45) is 0 Å². The molecule has 3 heterocycles. The molecule has 59 heavy (non-hydrogen) atoms. The van der Waals surface area contributed by atoms with Crippen LogP contribution in [0.5, 0.6) is 0 Å². The number of hydrogen-bond acceptors (Lipinski definition) is 3. The Balaban J connectivity index is 1.01. The van der Waals surface area contributed by atoms with E-state index >= 15 is 0 Å². The number of para-hydroxylation sites is 2. The topological polar surface area (TPSA) is 30.7 Å². The van der Waals surface area contributed by atoms with Crippen LogP contribution in [-0.4, -0.2) is 14.5 Å². The van der Waals surface area contributed by atoms with E-state index in [1.54, 1.807) is 0 Å². The fourth-order valence-electron chi connectivity index (χ4n) is 9.53. The van der Waals surface area contributed by atoms with Crippen molar-refractivity contribution in [3.8, 4) is 61.8 Å². The molecule has 0 amide bonds. The molecule has 0 bridgehead atoms. The summed E-state index contributed by atoms with van der Waals surface area (Å²) in [4.78, 5) is 13.2. The molecule has 1 aliphatic heterocycles. The van der Waals surface area contributed by atoms with E-state index in [1.807, 2.05) is 23.9 Å². The molecule has 12 rings (SSSR count). The Morgan fingerprint density at radius 1 is 0.390 bits per heavy atom. The minimum atomic E-state index is -0.411. The van der Waals surface area contributed by atoms with E-state index in [0.29, 0.717) is 0 Å². The first-order valence-electron chi connectivity index (χ1n) is 20.1. The number of pyridine rings is 1. The van der Waals surface area contributed by atoms with Crippen molar-refractivity contribution in [2.75, 3.05) is 0 Å². The summed E-state index contributed by atoms with van der Waals surface area (Å²) in [5.41, 5.74) is 17.9. The normalized spacial score (nSPS) is 13.2. The summed E-state index contributed by atoms with van der Waals surface area (Å²) in [6, 6.07) is 76.6. The summed E-state index contributed by atoms with van der Waals surface area (Å²) < 4.78 is 2.28. The Morgan fingerprint density at radius 2 is 0.983 bits per heavy atom. The van der Waals surface area contributed by atoms with Crippen LogP contribution in [0.4, 0.5) is 0 Å². The van der Waals surface area contributed by atoms with Crippen LogP contribution in [0.2, 0.25) is 0 Å². The van der Waals surface area contributed by atoms with Crippen LogP contribution in [-0.2, 0) is 5.41 Å². The van der Waals surface area contributed by atoms with Gasteiger partial charge in [0.1, 0.15) is 5.82 Å². The van der Waals surface area contributed by atoms with Gasteiger partial charge in [-0.3, -0.25) is 4.57 Å². The summed E-state index contributed by atoms with van der Waals surface area (Å²) in [5, 5.41) is 0. The second-order valence-corrected chi connectivity index (χ2v) is 16.4. The van der Waals surface area contributed by atoms with E-state index in [9.17, 15) is 0 Å². The van der Waals surface area contributed by atoms with E-state index in [0.717, 1.165) is 50.6 Å². The Hall–Kier alpha value is -7.27. The largest absolute Gasteiger partial charge is 0.292 e. The fraction of sp³-hybridized carbons (Fsp3) is 0.0182. The van der Waals surface area contributed by atoms with Gasteiger partial charge in [-0.05, 0) is 99.1 Å². The third-order valence-corrected chi connectivity index (χ3v) is 13.3. The van der Waals surface area contributed by atoms with Gasteiger partial charge in [0.15, 0.2) is 0 Å². The molecule has 0 unspecified atom stereocenters. The second-order valence-electron chi connectivity index (χ2n) is 15.3. The van der Waals surface area contributed by atoms with Crippen molar-refractivity contribution >= 4 is 22.8 Å². The maximum absolute atomic E-state index is 5.30. The lowest BCUT2D eigenvalue weighted by molar-refractivity contribution is 0.723. The van der Waals surface area contributed by atoms with E-state index in [1.165, 1.54) is 54.3 Å². The average molecular weight is 770 g/mol. The quantitative estimate of drug-likeness (QED) is 0.175. The van der Waals surface area contributed by atoms with Crippen LogP contribution in [0.3, 0.4) is 0 Å². The minimum Gasteiger partial charge on any atom is -0.292 e. The van der Waals surface area contributed by atoms with Crippen LogP contribution in [0.25, 0.3) is 72.9 Å². The fourth-order valence-corrected chi connectivity index (χ4v) is 10.7. The van der Waals surface area contributed by atoms with Crippen molar-refractivity contribution in [3.05, 3.63) is 235 Å². The van der Waals surface area contributed by atoms with Gasteiger partial charge in [-0.2, -0.15) is 0 Å². The standard InChI is InChI=1S/C55H35N3S/c1-3-15-37(16-4-1)48-33-32-43(53(56-48)38-17-5-2-6-18-38)54-57-49-24-12-13-25-50(49)58(54)40-30-27-36(28-31-40)39-29-34-52-47(35-39)55(46-23-11-14-26-51(46)59-52)44-21-9-7-19-41(44)42-20-8-10-22-45(42)55/h1-35H. The van der Waals surface area contributed by atoms with Crippen LogP contribution in [0.1, 0.15) is 22.3 Å². The highest BCUT2D eigenvalue weighted by Gasteiger charge is 2.50. The average Bonchev–Trinajstić information content (AvgIpc) is 3.84. The van der Waals surface area contributed by atoms with Gasteiger partial charge >= 0.3 is 0 Å². The zero-order chi connectivity index (χ0) is 38.9. The molecule has 2 aliphatic rings. The number of nitrogens with zero attached hydrogens (tertiary/aromatic N) is 3. The number of benzene rings is 8. The number of aromatic nitrogens is 3. The zero-order valence-electron chi connectivity index (χ0n) is 32.0. The predicted molar refractivity (Wildman–Crippen MR) is 242 cm³/mol. The monoisotopic (exact) mass is 769 g/mol. The Labute approximate surface area is 347 Å². The first kappa shape index (κ1) is 33.8. The third-order valence-electron chi connectivity index (χ3n) is 12.1. The lowest BCUT2D eigenvalue weighted by Gasteiger charge is -2.40. The molecule has 0 atom stereocenters. The number of hydrogen-bond donors (Lipinski definition) is 0. The second kappa shape index (κ2) is 13.4. The van der Waals surface area contributed by atoms with Gasteiger partial charge in [-0.25, -0.2) is 9.97 Å². The summed E-state index contributed by atoms with van der Waals surface area (Å²) >= 11 is 1.88. The minimum absolute atomic E-state index is 0.411. The molecule has 2 aromatic heterocycles. The summed E-state index contributed by atoms with van der Waals surface area (Å²) in [7, 11) is 0. The van der Waals surface area contributed by atoms with Crippen molar-refractivity contribution in [1.82, 2.24) is 14.5 Å². The van der Waals surface area contributed by atoms with Gasteiger partial charge in [0.05, 0.1) is 27.8 Å². The highest BCUT2D eigenvalue weighted by Crippen LogP contribution is 2.62. The molecule has 0 N–H and O–H groups in total. The Bertz CT molecular complexity index is 3190. The number of fused-ring (bicyclic) bond motifs is 10. The van der Waals surface area contributed by atoms with Crippen molar-refractivity contribution in [3.63, 3.8) is 0 Å². The summed E-state index contributed by atoms with van der Waals surface area (Å²) in [5.74, 6) is 0.856. The molecule has 3 nitrogen and oxygen atoms in total. The lowest BCUT2D eigenvalue weighted by atomic mass is 9.67. The molecule has 0 saturated carbocycles. The van der Waals surface area contributed by atoms with Gasteiger partial charge in [-0.1, -0.05) is 169 Å². The lowest BCUT2D eigenvalue weighted by Crippen LogP contribution is -2.32. The van der Waals surface area contributed by atoms with Crippen LogP contribution < -0.4 is 0 Å². The van der Waals surface area contributed by atoms with Gasteiger partial charge in [0, 0.05) is 32.2 Å². The van der Waals surface area contributed by atoms with Gasteiger partial charge < -0.3 is 0 Å². The molecule has 0 radical (unpaired) electrons. The summed E-state index contributed by atoms with van der Waals surface area (Å²) in [6.45, 7) is 0. The van der Waals surface area contributed by atoms with Crippen LogP contribution in [0, 0.1) is 0 Å². The molecule has 0 fully saturated rings. The van der Waals surface area contributed by atoms with E-state index < -0.39 is 5.41 Å². The molecule has 4 heteroatoms. The van der Waals surface area contributed by atoms with Gasteiger partial charge in [0.25, 0.3) is 0 Å². The molecule has 1 spiro atoms. The predicted octanol–water partition coefficient (Wildman–Crippen LogP) is 13.9. The molecule has 1 aliphatic carbocycles. The molecular weight excluding hydrogens is 735 g/mol.